The summed E-state index contributed by atoms with van der Waals surface area (Å²) < 4.78 is 1.92. The van der Waals surface area contributed by atoms with Gasteiger partial charge in [-0.3, -0.25) is 0 Å². The monoisotopic (exact) mass is 291 g/mol. The quantitative estimate of drug-likeness (QED) is 0.862. The van der Waals surface area contributed by atoms with Crippen molar-refractivity contribution >= 4 is 17.3 Å². The van der Waals surface area contributed by atoms with Crippen LogP contribution in [0.1, 0.15) is 38.6 Å². The molecule has 0 amide bonds. The Morgan fingerprint density at radius 3 is 2.90 bits per heavy atom. The van der Waals surface area contributed by atoms with E-state index in [4.69, 9.17) is 17.3 Å². The molecule has 5 nitrogen and oxygen atoms in total. The Morgan fingerprint density at radius 1 is 1.30 bits per heavy atom. The number of nitrogens with zero attached hydrogens (tertiary/aromatic N) is 4. The first-order valence-electron chi connectivity index (χ1n) is 7.00. The Morgan fingerprint density at radius 2 is 2.10 bits per heavy atom. The van der Waals surface area contributed by atoms with Gasteiger partial charge in [-0.2, -0.15) is 0 Å². The van der Waals surface area contributed by atoms with E-state index in [2.05, 4.69) is 22.4 Å². The molecule has 6 heteroatoms. The van der Waals surface area contributed by atoms with Crippen LogP contribution in [0.3, 0.4) is 0 Å². The Balaban J connectivity index is 2.03. The van der Waals surface area contributed by atoms with Crippen LogP contribution in [0.25, 0.3) is 11.4 Å². The normalized spacial score (nSPS) is 22.9. The summed E-state index contributed by atoms with van der Waals surface area (Å²) in [6.07, 6.45) is 4.83. The number of benzene rings is 1. The van der Waals surface area contributed by atoms with Crippen molar-refractivity contribution in [2.75, 3.05) is 5.73 Å². The molecule has 1 aromatic heterocycles. The molecular weight excluding hydrogens is 274 g/mol. The van der Waals surface area contributed by atoms with Gasteiger partial charge in [-0.15, -0.1) is 5.10 Å². The molecule has 1 saturated carbocycles. The van der Waals surface area contributed by atoms with Gasteiger partial charge in [0.05, 0.1) is 11.1 Å². The highest BCUT2D eigenvalue weighted by Crippen LogP contribution is 2.36. The molecule has 20 heavy (non-hydrogen) atoms. The van der Waals surface area contributed by atoms with Crippen LogP contribution in [-0.2, 0) is 0 Å². The van der Waals surface area contributed by atoms with Crippen molar-refractivity contribution < 1.29 is 0 Å². The van der Waals surface area contributed by atoms with E-state index >= 15 is 0 Å². The third kappa shape index (κ3) is 2.38. The zero-order valence-corrected chi connectivity index (χ0v) is 12.2. The lowest BCUT2D eigenvalue weighted by Gasteiger charge is -2.29. The van der Waals surface area contributed by atoms with E-state index in [1.165, 1.54) is 19.3 Å². The number of anilines is 1. The van der Waals surface area contributed by atoms with Gasteiger partial charge in [0.2, 0.25) is 0 Å². The molecule has 1 aliphatic rings. The fourth-order valence-electron chi connectivity index (χ4n) is 2.97. The van der Waals surface area contributed by atoms with Gasteiger partial charge in [-0.25, -0.2) is 4.68 Å². The van der Waals surface area contributed by atoms with Crippen LogP contribution < -0.4 is 5.73 Å². The largest absolute Gasteiger partial charge is 0.399 e. The maximum absolute atomic E-state index is 6.27. The van der Waals surface area contributed by atoms with Crippen molar-refractivity contribution in [3.8, 4) is 11.4 Å². The van der Waals surface area contributed by atoms with Gasteiger partial charge < -0.3 is 5.73 Å². The lowest BCUT2D eigenvalue weighted by atomic mass is 9.86. The number of hydrogen-bond acceptors (Lipinski definition) is 4. The first-order valence-corrected chi connectivity index (χ1v) is 7.38. The van der Waals surface area contributed by atoms with Crippen LogP contribution in [0, 0.1) is 5.92 Å². The molecule has 0 bridgehead atoms. The first-order chi connectivity index (χ1) is 9.66. The van der Waals surface area contributed by atoms with E-state index in [1.54, 1.807) is 12.1 Å². The minimum Gasteiger partial charge on any atom is -0.399 e. The van der Waals surface area contributed by atoms with Crippen LogP contribution in [-0.4, -0.2) is 20.2 Å². The van der Waals surface area contributed by atoms with Gasteiger partial charge in [0, 0.05) is 11.3 Å². The maximum Gasteiger partial charge on any atom is 0.183 e. The predicted octanol–water partition coefficient (Wildman–Crippen LogP) is 3.33. The molecule has 0 saturated heterocycles. The average Bonchev–Trinajstić information content (AvgIpc) is 2.91. The lowest BCUT2D eigenvalue weighted by Crippen LogP contribution is -2.23. The average molecular weight is 292 g/mol. The Labute approximate surface area is 123 Å². The lowest BCUT2D eigenvalue weighted by molar-refractivity contribution is 0.239. The Bertz CT molecular complexity index is 609. The molecule has 2 aromatic rings. The van der Waals surface area contributed by atoms with Crippen LogP contribution in [0.4, 0.5) is 5.69 Å². The van der Waals surface area contributed by atoms with Crippen LogP contribution in [0.5, 0.6) is 0 Å². The van der Waals surface area contributed by atoms with Crippen molar-refractivity contribution in [2.45, 2.75) is 38.6 Å². The molecule has 0 spiro atoms. The highest BCUT2D eigenvalue weighted by atomic mass is 35.5. The van der Waals surface area contributed by atoms with Gasteiger partial charge in [0.25, 0.3) is 0 Å². The fraction of sp³-hybridized carbons (Fsp3) is 0.500. The zero-order valence-electron chi connectivity index (χ0n) is 11.5. The Kier molecular flexibility index (Phi) is 3.61. The number of halogens is 1. The zero-order chi connectivity index (χ0) is 14.1. The second kappa shape index (κ2) is 5.40. The summed E-state index contributed by atoms with van der Waals surface area (Å²) in [7, 11) is 0. The summed E-state index contributed by atoms with van der Waals surface area (Å²) in [4.78, 5) is 0. The highest BCUT2D eigenvalue weighted by Gasteiger charge is 2.27. The van der Waals surface area contributed by atoms with E-state index in [1.807, 2.05) is 10.7 Å². The van der Waals surface area contributed by atoms with Crippen molar-refractivity contribution in [1.82, 2.24) is 20.2 Å². The summed E-state index contributed by atoms with van der Waals surface area (Å²) in [6, 6.07) is 5.74. The summed E-state index contributed by atoms with van der Waals surface area (Å²) in [6.45, 7) is 2.26. The summed E-state index contributed by atoms with van der Waals surface area (Å²) in [5.74, 6) is 1.28. The molecule has 1 fully saturated rings. The van der Waals surface area contributed by atoms with E-state index in [0.717, 1.165) is 12.0 Å². The molecule has 2 N–H and O–H groups in total. The number of aromatic nitrogens is 4. The molecule has 0 aliphatic heterocycles. The molecule has 1 aliphatic carbocycles. The number of nitrogens with two attached hydrogens (primary N) is 1. The van der Waals surface area contributed by atoms with Gasteiger partial charge in [0.15, 0.2) is 5.82 Å². The Hall–Kier alpha value is -1.62. The molecule has 0 radical (unpaired) electrons. The van der Waals surface area contributed by atoms with Crippen molar-refractivity contribution in [2.24, 2.45) is 5.92 Å². The fourth-order valence-corrected chi connectivity index (χ4v) is 3.17. The highest BCUT2D eigenvalue weighted by molar-refractivity contribution is 6.33. The third-order valence-corrected chi connectivity index (χ3v) is 4.43. The van der Waals surface area contributed by atoms with Crippen LogP contribution in [0.15, 0.2) is 18.2 Å². The molecule has 3 rings (SSSR count). The molecular formula is C14H18ClN5. The van der Waals surface area contributed by atoms with E-state index in [0.29, 0.717) is 28.5 Å². The smallest absolute Gasteiger partial charge is 0.183 e. The number of tetrazole rings is 1. The topological polar surface area (TPSA) is 69.6 Å². The molecule has 2 unspecified atom stereocenters. The molecule has 1 heterocycles. The van der Waals surface area contributed by atoms with Gasteiger partial charge in [0.1, 0.15) is 0 Å². The van der Waals surface area contributed by atoms with Crippen molar-refractivity contribution in [3.63, 3.8) is 0 Å². The van der Waals surface area contributed by atoms with Crippen LogP contribution >= 0.6 is 11.6 Å². The number of nitrogen functional groups attached to an aromatic ring is 1. The second-order valence-electron chi connectivity index (χ2n) is 5.52. The van der Waals surface area contributed by atoms with Gasteiger partial charge >= 0.3 is 0 Å². The number of hydrogen-bond donors (Lipinski definition) is 1. The van der Waals surface area contributed by atoms with Gasteiger partial charge in [-0.05, 0) is 47.4 Å². The third-order valence-electron chi connectivity index (χ3n) is 4.10. The number of rotatable bonds is 2. The van der Waals surface area contributed by atoms with Crippen molar-refractivity contribution in [1.29, 1.82) is 0 Å². The minimum absolute atomic E-state index is 0.339. The minimum atomic E-state index is 0.339. The SMILES string of the molecule is CC1CCCCC1n1nnnc1-c1cc(N)ccc1Cl. The van der Waals surface area contributed by atoms with Gasteiger partial charge in [-0.1, -0.05) is 31.4 Å². The summed E-state index contributed by atoms with van der Waals surface area (Å²) in [5, 5.41) is 12.8. The summed E-state index contributed by atoms with van der Waals surface area (Å²) in [5.41, 5.74) is 7.32. The van der Waals surface area contributed by atoms with E-state index in [9.17, 15) is 0 Å². The van der Waals surface area contributed by atoms with E-state index < -0.39 is 0 Å². The van der Waals surface area contributed by atoms with Crippen molar-refractivity contribution in [3.05, 3.63) is 23.2 Å². The molecule has 2 atom stereocenters. The summed E-state index contributed by atoms with van der Waals surface area (Å²) >= 11 is 6.27. The second-order valence-corrected chi connectivity index (χ2v) is 5.92. The van der Waals surface area contributed by atoms with Crippen LogP contribution in [0.2, 0.25) is 5.02 Å². The van der Waals surface area contributed by atoms with E-state index in [-0.39, 0.29) is 0 Å². The maximum atomic E-state index is 6.27. The molecule has 1 aromatic carbocycles. The predicted molar refractivity (Wildman–Crippen MR) is 79.3 cm³/mol. The first kappa shape index (κ1) is 13.4. The standard InChI is InChI=1S/C14H18ClN5/c1-9-4-2-3-5-13(9)20-14(17-18-19-20)11-8-10(16)6-7-12(11)15/h6-9,13H,2-5,16H2,1H3. The molecule has 106 valence electrons.